The van der Waals surface area contributed by atoms with Gasteiger partial charge in [-0.3, -0.25) is 4.79 Å². The van der Waals surface area contributed by atoms with E-state index in [-0.39, 0.29) is 11.9 Å². The first kappa shape index (κ1) is 11.1. The lowest BCUT2D eigenvalue weighted by Gasteiger charge is -2.43. The largest absolute Gasteiger partial charge is 0.364 e. The van der Waals surface area contributed by atoms with Crippen LogP contribution >= 0.6 is 0 Å². The summed E-state index contributed by atoms with van der Waals surface area (Å²) in [6, 6.07) is 7.88. The molecule has 0 bridgehead atoms. The molecular formula is C13H14N4O. The Balaban J connectivity index is 2.07. The second-order valence-electron chi connectivity index (χ2n) is 4.75. The fourth-order valence-electron chi connectivity index (χ4n) is 2.46. The smallest absolute Gasteiger partial charge is 0.246 e. The van der Waals surface area contributed by atoms with Crippen LogP contribution in [0, 0.1) is 11.3 Å². The van der Waals surface area contributed by atoms with Gasteiger partial charge in [-0.1, -0.05) is 0 Å². The van der Waals surface area contributed by atoms with E-state index in [1.54, 1.807) is 6.07 Å². The van der Waals surface area contributed by atoms with Crippen LogP contribution in [0.3, 0.4) is 0 Å². The Bertz CT molecular complexity index is 544. The van der Waals surface area contributed by atoms with Gasteiger partial charge in [-0.05, 0) is 18.2 Å². The number of rotatable bonds is 1. The van der Waals surface area contributed by atoms with E-state index in [0.717, 1.165) is 24.5 Å². The third-order valence-corrected chi connectivity index (χ3v) is 3.54. The average Bonchev–Trinajstić information content (AvgIpc) is 2.31. The zero-order valence-corrected chi connectivity index (χ0v) is 10.2. The molecule has 1 amide bonds. The molecule has 2 aliphatic heterocycles. The monoisotopic (exact) mass is 242 g/mol. The molecule has 0 atom stereocenters. The molecule has 0 unspecified atom stereocenters. The maximum atomic E-state index is 12.1. The number of nitriles is 1. The van der Waals surface area contributed by atoms with Crippen LogP contribution < -0.4 is 15.1 Å². The Labute approximate surface area is 106 Å². The molecule has 0 spiro atoms. The summed E-state index contributed by atoms with van der Waals surface area (Å²) in [5.41, 5.74) is 2.50. The summed E-state index contributed by atoms with van der Waals surface area (Å²) in [5.74, 6) is 0.126. The molecule has 0 saturated carbocycles. The van der Waals surface area contributed by atoms with Crippen LogP contribution in [0.2, 0.25) is 0 Å². The van der Waals surface area contributed by atoms with Gasteiger partial charge in [0.2, 0.25) is 5.91 Å². The van der Waals surface area contributed by atoms with Gasteiger partial charge >= 0.3 is 0 Å². The van der Waals surface area contributed by atoms with Crippen LogP contribution in [-0.2, 0) is 4.79 Å². The van der Waals surface area contributed by atoms with Gasteiger partial charge in [-0.25, -0.2) is 0 Å². The number of carbonyl (C=O) groups is 1. The van der Waals surface area contributed by atoms with Gasteiger partial charge in [-0.15, -0.1) is 0 Å². The maximum absolute atomic E-state index is 12.1. The highest BCUT2D eigenvalue weighted by atomic mass is 16.2. The Morgan fingerprint density at radius 2 is 2.17 bits per heavy atom. The minimum Gasteiger partial charge on any atom is -0.364 e. The van der Waals surface area contributed by atoms with Crippen molar-refractivity contribution >= 4 is 17.3 Å². The van der Waals surface area contributed by atoms with Crippen molar-refractivity contribution in [3.8, 4) is 6.07 Å². The predicted molar refractivity (Wildman–Crippen MR) is 68.6 cm³/mol. The highest BCUT2D eigenvalue weighted by Crippen LogP contribution is 2.35. The van der Waals surface area contributed by atoms with Gasteiger partial charge in [0.25, 0.3) is 0 Å². The number of likely N-dealkylation sites (N-methyl/N-ethyl adjacent to an activating group) is 1. The molecule has 1 fully saturated rings. The summed E-state index contributed by atoms with van der Waals surface area (Å²) in [7, 11) is 1.88. The van der Waals surface area contributed by atoms with Crippen LogP contribution in [0.15, 0.2) is 18.2 Å². The zero-order valence-electron chi connectivity index (χ0n) is 10.2. The first-order chi connectivity index (χ1) is 8.70. The van der Waals surface area contributed by atoms with Gasteiger partial charge in [0.1, 0.15) is 0 Å². The molecule has 18 heavy (non-hydrogen) atoms. The molecule has 0 aliphatic carbocycles. The van der Waals surface area contributed by atoms with Crippen molar-refractivity contribution in [2.75, 3.05) is 36.5 Å². The van der Waals surface area contributed by atoms with E-state index in [4.69, 9.17) is 5.26 Å². The summed E-state index contributed by atoms with van der Waals surface area (Å²) < 4.78 is 0. The number of fused-ring (bicyclic) bond motifs is 1. The SMILES string of the molecule is CN1CC(=O)N(C2CNC2)c2ccc(C#N)cc21. The van der Waals surface area contributed by atoms with E-state index < -0.39 is 0 Å². The number of hydrogen-bond acceptors (Lipinski definition) is 4. The van der Waals surface area contributed by atoms with Gasteiger partial charge in [0, 0.05) is 20.1 Å². The van der Waals surface area contributed by atoms with E-state index in [9.17, 15) is 4.79 Å². The van der Waals surface area contributed by atoms with Crippen LogP contribution in [0.5, 0.6) is 0 Å². The van der Waals surface area contributed by atoms with Crippen LogP contribution in [-0.4, -0.2) is 38.6 Å². The number of benzene rings is 1. The van der Waals surface area contributed by atoms with Crippen molar-refractivity contribution in [1.82, 2.24) is 5.32 Å². The standard InChI is InChI=1S/C13H14N4O/c1-16-8-13(18)17(10-6-15-7-10)11-3-2-9(5-14)4-12(11)16/h2-4,10,15H,6-8H2,1H3. The van der Waals surface area contributed by atoms with Crippen molar-refractivity contribution in [3.05, 3.63) is 23.8 Å². The molecule has 2 heterocycles. The van der Waals surface area contributed by atoms with E-state index in [1.165, 1.54) is 0 Å². The fourth-order valence-corrected chi connectivity index (χ4v) is 2.46. The number of anilines is 2. The molecule has 1 N–H and O–H groups in total. The van der Waals surface area contributed by atoms with E-state index in [0.29, 0.717) is 12.1 Å². The highest BCUT2D eigenvalue weighted by molar-refractivity contribution is 6.04. The lowest BCUT2D eigenvalue weighted by Crippen LogP contribution is -2.62. The number of hydrogen-bond donors (Lipinski definition) is 1. The molecule has 1 aromatic carbocycles. The van der Waals surface area contributed by atoms with E-state index in [2.05, 4.69) is 11.4 Å². The number of amides is 1. The first-order valence-electron chi connectivity index (χ1n) is 5.99. The molecule has 0 aromatic heterocycles. The topological polar surface area (TPSA) is 59.4 Å². The molecular weight excluding hydrogens is 228 g/mol. The van der Waals surface area contributed by atoms with E-state index >= 15 is 0 Å². The minimum atomic E-state index is 0.126. The normalized spacial score (nSPS) is 19.2. The van der Waals surface area contributed by atoms with Crippen molar-refractivity contribution in [2.45, 2.75) is 6.04 Å². The van der Waals surface area contributed by atoms with Gasteiger partial charge in [-0.2, -0.15) is 5.26 Å². The predicted octanol–water partition coefficient (Wildman–Crippen LogP) is 0.313. The van der Waals surface area contributed by atoms with E-state index in [1.807, 2.05) is 29.0 Å². The number of carbonyl (C=O) groups excluding carboxylic acids is 1. The minimum absolute atomic E-state index is 0.126. The van der Waals surface area contributed by atoms with Crippen LogP contribution in [0.25, 0.3) is 0 Å². The van der Waals surface area contributed by atoms with Crippen molar-refractivity contribution in [1.29, 1.82) is 5.26 Å². The van der Waals surface area contributed by atoms with Crippen molar-refractivity contribution in [2.24, 2.45) is 0 Å². The summed E-state index contributed by atoms with van der Waals surface area (Å²) in [6.45, 7) is 2.06. The number of nitrogens with one attached hydrogen (secondary N) is 1. The third-order valence-electron chi connectivity index (χ3n) is 3.54. The first-order valence-corrected chi connectivity index (χ1v) is 5.99. The van der Waals surface area contributed by atoms with Gasteiger partial charge in [0.05, 0.1) is 35.6 Å². The quantitative estimate of drug-likeness (QED) is 0.770. The van der Waals surface area contributed by atoms with Crippen LogP contribution in [0.1, 0.15) is 5.56 Å². The molecule has 1 aromatic rings. The Hall–Kier alpha value is -2.06. The second kappa shape index (κ2) is 4.00. The lowest BCUT2D eigenvalue weighted by molar-refractivity contribution is -0.118. The summed E-state index contributed by atoms with van der Waals surface area (Å²) in [5, 5.41) is 12.1. The molecule has 2 aliphatic rings. The van der Waals surface area contributed by atoms with Gasteiger partial charge < -0.3 is 15.1 Å². The average molecular weight is 242 g/mol. The van der Waals surface area contributed by atoms with Crippen molar-refractivity contribution < 1.29 is 4.79 Å². The Morgan fingerprint density at radius 1 is 1.39 bits per heavy atom. The number of nitrogens with zero attached hydrogens (tertiary/aromatic N) is 3. The fraction of sp³-hybridized carbons (Fsp3) is 0.385. The zero-order chi connectivity index (χ0) is 12.7. The molecule has 1 saturated heterocycles. The molecule has 5 heteroatoms. The van der Waals surface area contributed by atoms with Crippen molar-refractivity contribution in [3.63, 3.8) is 0 Å². The van der Waals surface area contributed by atoms with Crippen LogP contribution in [0.4, 0.5) is 11.4 Å². The highest BCUT2D eigenvalue weighted by Gasteiger charge is 2.35. The lowest BCUT2D eigenvalue weighted by atomic mass is 10.0. The molecule has 92 valence electrons. The summed E-state index contributed by atoms with van der Waals surface area (Å²) >= 11 is 0. The summed E-state index contributed by atoms with van der Waals surface area (Å²) in [6.07, 6.45) is 0. The third kappa shape index (κ3) is 1.54. The van der Waals surface area contributed by atoms with Gasteiger partial charge in [0.15, 0.2) is 0 Å². The summed E-state index contributed by atoms with van der Waals surface area (Å²) in [4.78, 5) is 15.9. The molecule has 3 rings (SSSR count). The maximum Gasteiger partial charge on any atom is 0.246 e. The Morgan fingerprint density at radius 3 is 2.78 bits per heavy atom. The Kier molecular flexibility index (Phi) is 2.46. The second-order valence-corrected chi connectivity index (χ2v) is 4.75. The molecule has 0 radical (unpaired) electrons. The molecule has 5 nitrogen and oxygen atoms in total.